The average molecular weight is 389 g/mol. The van der Waals surface area contributed by atoms with Crippen LogP contribution in [0.4, 0.5) is 5.69 Å². The van der Waals surface area contributed by atoms with Crippen molar-refractivity contribution in [2.24, 2.45) is 0 Å². The fourth-order valence-corrected chi connectivity index (χ4v) is 4.58. The van der Waals surface area contributed by atoms with Gasteiger partial charge >= 0.3 is 5.66 Å². The standard InChI is InChI=1S/C25H15N3O2/c29-28(30)19-13-11-18(12-14-19)15-16-25-21-7-2-1-6-20(21)22-9-5-10-24(27(22)25)23-8-3-4-17-26(23)25/h1-14,17H/q+2. The third-order valence-electron chi connectivity index (χ3n) is 5.82. The number of nitrogens with zero attached hydrogens (tertiary/aromatic N) is 3. The van der Waals surface area contributed by atoms with Gasteiger partial charge in [0.25, 0.3) is 17.1 Å². The molecule has 2 aliphatic heterocycles. The number of rotatable bonds is 1. The van der Waals surface area contributed by atoms with Crippen LogP contribution in [-0.2, 0) is 5.66 Å². The Morgan fingerprint density at radius 1 is 0.800 bits per heavy atom. The van der Waals surface area contributed by atoms with Crippen molar-refractivity contribution < 1.29 is 14.1 Å². The van der Waals surface area contributed by atoms with Crippen LogP contribution in [-0.4, -0.2) is 4.92 Å². The summed E-state index contributed by atoms with van der Waals surface area (Å²) < 4.78 is 4.52. The molecule has 1 atom stereocenters. The monoisotopic (exact) mass is 389 g/mol. The molecule has 0 bridgehead atoms. The summed E-state index contributed by atoms with van der Waals surface area (Å²) in [6.45, 7) is 0. The Kier molecular flexibility index (Phi) is 3.24. The highest BCUT2D eigenvalue weighted by atomic mass is 16.6. The number of nitro groups is 1. The van der Waals surface area contributed by atoms with Crippen LogP contribution >= 0.6 is 0 Å². The van der Waals surface area contributed by atoms with Crippen molar-refractivity contribution in [3.8, 4) is 34.5 Å². The first kappa shape index (κ1) is 16.6. The largest absolute Gasteiger partial charge is 0.455 e. The number of pyridine rings is 2. The van der Waals surface area contributed by atoms with E-state index in [1.54, 1.807) is 12.1 Å². The third-order valence-corrected chi connectivity index (χ3v) is 5.82. The van der Waals surface area contributed by atoms with Gasteiger partial charge < -0.3 is 0 Å². The number of aromatic nitrogens is 2. The minimum absolute atomic E-state index is 0.0625. The van der Waals surface area contributed by atoms with E-state index in [9.17, 15) is 10.1 Å². The van der Waals surface area contributed by atoms with Gasteiger partial charge in [-0.1, -0.05) is 18.1 Å². The Bertz CT molecular complexity index is 1360. The van der Waals surface area contributed by atoms with Crippen molar-refractivity contribution in [1.82, 2.24) is 0 Å². The van der Waals surface area contributed by atoms with Crippen molar-refractivity contribution in [2.75, 3.05) is 0 Å². The lowest BCUT2D eigenvalue weighted by Gasteiger charge is -2.09. The van der Waals surface area contributed by atoms with Gasteiger partial charge in [0.05, 0.1) is 16.4 Å². The Morgan fingerprint density at radius 3 is 2.37 bits per heavy atom. The number of fused-ring (bicyclic) bond motifs is 6. The maximum absolute atomic E-state index is 11.0. The topological polar surface area (TPSA) is 50.9 Å². The van der Waals surface area contributed by atoms with Crippen LogP contribution < -0.4 is 9.13 Å². The van der Waals surface area contributed by atoms with Crippen LogP contribution in [0.2, 0.25) is 0 Å². The molecule has 2 aromatic heterocycles. The van der Waals surface area contributed by atoms with Crippen molar-refractivity contribution in [2.45, 2.75) is 5.66 Å². The molecule has 0 radical (unpaired) electrons. The van der Waals surface area contributed by atoms with Gasteiger partial charge in [-0.25, -0.2) is 0 Å². The normalized spacial score (nSPS) is 16.8. The maximum atomic E-state index is 11.0. The molecule has 4 aromatic rings. The van der Waals surface area contributed by atoms with E-state index in [-0.39, 0.29) is 5.69 Å². The summed E-state index contributed by atoms with van der Waals surface area (Å²) in [6, 6.07) is 27.2. The molecule has 5 heteroatoms. The molecule has 0 fully saturated rings. The summed E-state index contributed by atoms with van der Waals surface area (Å²) in [5.74, 6) is 6.82. The molecule has 0 aliphatic carbocycles. The van der Waals surface area contributed by atoms with Crippen LogP contribution in [0.3, 0.4) is 0 Å². The van der Waals surface area contributed by atoms with Crippen LogP contribution in [0.15, 0.2) is 91.1 Å². The van der Waals surface area contributed by atoms with E-state index in [0.717, 1.165) is 28.2 Å². The molecule has 5 nitrogen and oxygen atoms in total. The van der Waals surface area contributed by atoms with E-state index in [1.165, 1.54) is 17.7 Å². The van der Waals surface area contributed by atoms with Gasteiger partial charge in [0.1, 0.15) is 5.56 Å². The second-order valence-electron chi connectivity index (χ2n) is 7.36. The quantitative estimate of drug-likeness (QED) is 0.217. The summed E-state index contributed by atoms with van der Waals surface area (Å²) in [5, 5.41) is 11.0. The molecule has 140 valence electrons. The van der Waals surface area contributed by atoms with Gasteiger partial charge in [0, 0.05) is 42.0 Å². The third kappa shape index (κ3) is 2.02. The van der Waals surface area contributed by atoms with E-state index in [1.807, 2.05) is 24.3 Å². The summed E-state index contributed by atoms with van der Waals surface area (Å²) in [5.41, 5.74) is 5.75. The van der Waals surface area contributed by atoms with Gasteiger partial charge in [0.15, 0.2) is 6.20 Å². The molecule has 2 aromatic carbocycles. The van der Waals surface area contributed by atoms with E-state index >= 15 is 0 Å². The molecule has 30 heavy (non-hydrogen) atoms. The lowest BCUT2D eigenvalue weighted by Crippen LogP contribution is -2.67. The minimum atomic E-state index is -0.694. The Morgan fingerprint density at radius 2 is 1.53 bits per heavy atom. The van der Waals surface area contributed by atoms with Gasteiger partial charge in [-0.15, -0.1) is 9.13 Å². The lowest BCUT2D eigenvalue weighted by atomic mass is 9.97. The number of nitro benzene ring substituents is 1. The second-order valence-corrected chi connectivity index (χ2v) is 7.36. The van der Waals surface area contributed by atoms with Gasteiger partial charge in [-0.2, -0.15) is 0 Å². The predicted molar refractivity (Wildman–Crippen MR) is 110 cm³/mol. The Labute approximate surface area is 172 Å². The van der Waals surface area contributed by atoms with Crippen LogP contribution in [0.25, 0.3) is 22.6 Å². The van der Waals surface area contributed by atoms with E-state index < -0.39 is 10.6 Å². The molecular weight excluding hydrogens is 374 g/mol. The zero-order valence-electron chi connectivity index (χ0n) is 15.8. The highest BCUT2D eigenvalue weighted by molar-refractivity contribution is 5.70. The summed E-state index contributed by atoms with van der Waals surface area (Å²) in [6.07, 6.45) is 2.07. The smallest absolute Gasteiger partial charge is 0.258 e. The molecule has 6 rings (SSSR count). The number of benzene rings is 2. The highest BCUT2D eigenvalue weighted by Crippen LogP contribution is 2.41. The summed E-state index contributed by atoms with van der Waals surface area (Å²) >= 11 is 0. The molecule has 2 aliphatic rings. The average Bonchev–Trinajstić information content (AvgIpc) is 3.25. The van der Waals surface area contributed by atoms with Crippen LogP contribution in [0.1, 0.15) is 11.1 Å². The fraction of sp³-hybridized carbons (Fsp3) is 0.0400. The van der Waals surface area contributed by atoms with Gasteiger partial charge in [-0.3, -0.25) is 10.1 Å². The number of hydrogen-bond acceptors (Lipinski definition) is 2. The SMILES string of the molecule is O=[N+]([O-])c1ccc(C#CC23c4ccccc4-c4cccc([n+]42)-c2cccc[n+]23)cc1. The minimum Gasteiger partial charge on any atom is -0.258 e. The van der Waals surface area contributed by atoms with Crippen LogP contribution in [0, 0.1) is 22.0 Å². The molecule has 0 saturated heterocycles. The second kappa shape index (κ2) is 5.85. The fourth-order valence-electron chi connectivity index (χ4n) is 4.58. The van der Waals surface area contributed by atoms with Crippen molar-refractivity contribution in [1.29, 1.82) is 0 Å². The first-order chi connectivity index (χ1) is 14.7. The molecule has 0 spiro atoms. The highest BCUT2D eigenvalue weighted by Gasteiger charge is 2.66. The van der Waals surface area contributed by atoms with Crippen molar-refractivity contribution in [3.05, 3.63) is 112 Å². The maximum Gasteiger partial charge on any atom is 0.455 e. The molecule has 0 saturated carbocycles. The van der Waals surface area contributed by atoms with Crippen LogP contribution in [0.5, 0.6) is 0 Å². The molecule has 1 unspecified atom stereocenters. The lowest BCUT2D eigenvalue weighted by molar-refractivity contribution is -0.924. The zero-order valence-corrected chi connectivity index (χ0v) is 15.8. The van der Waals surface area contributed by atoms with Gasteiger partial charge in [0.2, 0.25) is 5.69 Å². The van der Waals surface area contributed by atoms with Gasteiger partial charge in [-0.05, 0) is 36.4 Å². The molecular formula is C25H15N3O2+2. The van der Waals surface area contributed by atoms with E-state index in [4.69, 9.17) is 0 Å². The summed E-state index contributed by atoms with van der Waals surface area (Å²) in [7, 11) is 0. The zero-order chi connectivity index (χ0) is 20.3. The number of hydrogen-bond donors (Lipinski definition) is 0. The van der Waals surface area contributed by atoms with Crippen molar-refractivity contribution >= 4 is 5.69 Å². The Hall–Kier alpha value is -4.30. The van der Waals surface area contributed by atoms with E-state index in [0.29, 0.717) is 0 Å². The molecule has 0 N–H and O–H groups in total. The molecule has 4 heterocycles. The van der Waals surface area contributed by atoms with Crippen molar-refractivity contribution in [3.63, 3.8) is 0 Å². The Balaban J connectivity index is 1.65. The molecule has 0 amide bonds. The van der Waals surface area contributed by atoms with E-state index in [2.05, 4.69) is 63.6 Å². The first-order valence-corrected chi connectivity index (χ1v) is 9.65. The number of non-ortho nitro benzene ring substituents is 1. The first-order valence-electron chi connectivity index (χ1n) is 9.65. The summed E-state index contributed by atoms with van der Waals surface area (Å²) in [4.78, 5) is 10.6. The predicted octanol–water partition coefficient (Wildman–Crippen LogP) is 3.43.